The van der Waals surface area contributed by atoms with Crippen LogP contribution in [0.25, 0.3) is 32.9 Å². The Labute approximate surface area is 264 Å². The number of likely N-dealkylation sites (tertiary alicyclic amines) is 1. The lowest BCUT2D eigenvalue weighted by molar-refractivity contribution is 0.145. The first kappa shape index (κ1) is 28.7. The van der Waals surface area contributed by atoms with Crippen LogP contribution in [0.3, 0.4) is 0 Å². The molecule has 0 atom stereocenters. The molecular formula is C38H38N6O. The van der Waals surface area contributed by atoms with Gasteiger partial charge < -0.3 is 19.9 Å². The van der Waals surface area contributed by atoms with Crippen molar-refractivity contribution >= 4 is 39.0 Å². The SMILES string of the molecule is CN(c1ccc(-c2ccccc2)cc1)c1ncnc2cc(OCC3CCN(CCNc4ccnc5ccccc45)CC3)ccc12. The van der Waals surface area contributed by atoms with Gasteiger partial charge in [0.05, 0.1) is 17.6 Å². The fourth-order valence-corrected chi connectivity index (χ4v) is 6.20. The fourth-order valence-electron chi connectivity index (χ4n) is 6.20. The number of ether oxygens (including phenoxy) is 1. The van der Waals surface area contributed by atoms with Crippen LogP contribution in [0.15, 0.2) is 116 Å². The van der Waals surface area contributed by atoms with Gasteiger partial charge in [-0.05, 0) is 79.4 Å². The van der Waals surface area contributed by atoms with E-state index in [0.717, 1.165) is 85.0 Å². The highest BCUT2D eigenvalue weighted by Crippen LogP contribution is 2.32. The fraction of sp³-hybridized carbons (Fsp3) is 0.237. The molecule has 0 bridgehead atoms. The van der Waals surface area contributed by atoms with Crippen molar-refractivity contribution in [3.05, 3.63) is 116 Å². The molecule has 7 heteroatoms. The Kier molecular flexibility index (Phi) is 8.51. The van der Waals surface area contributed by atoms with Crippen LogP contribution in [0.2, 0.25) is 0 Å². The van der Waals surface area contributed by atoms with E-state index in [0.29, 0.717) is 5.92 Å². The van der Waals surface area contributed by atoms with Crippen LogP contribution in [0.1, 0.15) is 12.8 Å². The minimum atomic E-state index is 0.556. The summed E-state index contributed by atoms with van der Waals surface area (Å²) in [6.45, 7) is 4.87. The Bertz CT molecular complexity index is 1860. The van der Waals surface area contributed by atoms with Gasteiger partial charge >= 0.3 is 0 Å². The van der Waals surface area contributed by atoms with Gasteiger partial charge in [0.2, 0.25) is 0 Å². The van der Waals surface area contributed by atoms with Gasteiger partial charge in [-0.2, -0.15) is 0 Å². The molecule has 1 saturated heterocycles. The van der Waals surface area contributed by atoms with E-state index in [4.69, 9.17) is 4.74 Å². The van der Waals surface area contributed by atoms with Gasteiger partial charge in [0.15, 0.2) is 0 Å². The second-order valence-electron chi connectivity index (χ2n) is 11.7. The number of piperidine rings is 1. The first-order valence-electron chi connectivity index (χ1n) is 15.8. The summed E-state index contributed by atoms with van der Waals surface area (Å²) >= 11 is 0. The van der Waals surface area contributed by atoms with Gasteiger partial charge in [0, 0.05) is 54.5 Å². The van der Waals surface area contributed by atoms with E-state index in [1.54, 1.807) is 6.33 Å². The second kappa shape index (κ2) is 13.3. The van der Waals surface area contributed by atoms with E-state index in [1.165, 1.54) is 16.5 Å². The second-order valence-corrected chi connectivity index (χ2v) is 11.7. The zero-order valence-electron chi connectivity index (χ0n) is 25.6. The minimum Gasteiger partial charge on any atom is -0.493 e. The van der Waals surface area contributed by atoms with Crippen LogP contribution in [0.4, 0.5) is 17.2 Å². The third-order valence-electron chi connectivity index (χ3n) is 8.85. The molecule has 45 heavy (non-hydrogen) atoms. The average Bonchev–Trinajstić information content (AvgIpc) is 3.11. The maximum absolute atomic E-state index is 6.30. The van der Waals surface area contributed by atoms with Crippen LogP contribution in [0.5, 0.6) is 5.75 Å². The summed E-state index contributed by atoms with van der Waals surface area (Å²) in [6, 6.07) is 35.5. The summed E-state index contributed by atoms with van der Waals surface area (Å²) in [5, 5.41) is 5.79. The first-order chi connectivity index (χ1) is 22.2. The molecular weight excluding hydrogens is 556 g/mol. The van der Waals surface area contributed by atoms with Gasteiger partial charge in [-0.25, -0.2) is 9.97 Å². The van der Waals surface area contributed by atoms with E-state index >= 15 is 0 Å². The van der Waals surface area contributed by atoms with Gasteiger partial charge in [0.1, 0.15) is 17.9 Å². The van der Waals surface area contributed by atoms with E-state index in [1.807, 2.05) is 37.5 Å². The molecule has 0 unspecified atom stereocenters. The number of para-hydroxylation sites is 1. The predicted octanol–water partition coefficient (Wildman–Crippen LogP) is 7.82. The zero-order valence-corrected chi connectivity index (χ0v) is 25.6. The highest BCUT2D eigenvalue weighted by Gasteiger charge is 2.20. The number of aromatic nitrogens is 3. The summed E-state index contributed by atoms with van der Waals surface area (Å²) in [5.41, 5.74) is 6.54. The number of pyridine rings is 1. The van der Waals surface area contributed by atoms with Crippen LogP contribution in [0, 0.1) is 5.92 Å². The molecule has 4 aromatic carbocycles. The zero-order chi connectivity index (χ0) is 30.4. The molecule has 0 saturated carbocycles. The Morgan fingerprint density at radius 1 is 0.778 bits per heavy atom. The number of nitrogens with zero attached hydrogens (tertiary/aromatic N) is 5. The predicted molar refractivity (Wildman–Crippen MR) is 184 cm³/mol. The van der Waals surface area contributed by atoms with E-state index < -0.39 is 0 Å². The quantitative estimate of drug-likeness (QED) is 0.173. The van der Waals surface area contributed by atoms with Crippen LogP contribution < -0.4 is 15.0 Å². The first-order valence-corrected chi connectivity index (χ1v) is 15.8. The van der Waals surface area contributed by atoms with Crippen molar-refractivity contribution in [2.75, 3.05) is 50.1 Å². The van der Waals surface area contributed by atoms with Crippen LogP contribution in [-0.4, -0.2) is 59.7 Å². The topological polar surface area (TPSA) is 66.4 Å². The van der Waals surface area contributed by atoms with E-state index in [-0.39, 0.29) is 0 Å². The Balaban J connectivity index is 0.913. The molecule has 3 heterocycles. The summed E-state index contributed by atoms with van der Waals surface area (Å²) in [5.74, 6) is 2.29. The van der Waals surface area contributed by atoms with Crippen molar-refractivity contribution < 1.29 is 4.74 Å². The summed E-state index contributed by atoms with van der Waals surface area (Å²) in [4.78, 5) is 18.3. The maximum atomic E-state index is 6.30. The molecule has 1 N–H and O–H groups in total. The molecule has 1 aliphatic heterocycles. The van der Waals surface area contributed by atoms with Crippen molar-refractivity contribution in [2.24, 2.45) is 5.92 Å². The van der Waals surface area contributed by atoms with Gasteiger partial charge in [-0.15, -0.1) is 0 Å². The van der Waals surface area contributed by atoms with Crippen LogP contribution >= 0.6 is 0 Å². The lowest BCUT2D eigenvalue weighted by atomic mass is 9.98. The summed E-state index contributed by atoms with van der Waals surface area (Å²) in [6.07, 6.45) is 5.80. The molecule has 0 aliphatic carbocycles. The Hall–Kier alpha value is -5.01. The van der Waals surface area contributed by atoms with E-state index in [9.17, 15) is 0 Å². The molecule has 0 amide bonds. The Morgan fingerprint density at radius 2 is 1.56 bits per heavy atom. The van der Waals surface area contributed by atoms with Crippen LogP contribution in [-0.2, 0) is 0 Å². The molecule has 1 fully saturated rings. The standard InChI is InChI=1S/C38H38N6O/c1-43(31-13-11-30(12-14-31)29-7-3-2-4-8-29)38-34-16-15-32(25-37(34)41-27-42-38)45-26-28-18-22-44(23-19-28)24-21-40-36-17-20-39-35-10-6-5-9-33(35)36/h2-17,20,25,27-28H,18-19,21-24,26H2,1H3,(H,39,40). The Morgan fingerprint density at radius 3 is 2.40 bits per heavy atom. The summed E-state index contributed by atoms with van der Waals surface area (Å²) < 4.78 is 6.30. The number of rotatable bonds is 10. The number of benzene rings is 4. The molecule has 7 rings (SSSR count). The number of fused-ring (bicyclic) bond motifs is 2. The normalized spacial score (nSPS) is 14.1. The van der Waals surface area contributed by atoms with Gasteiger partial charge in [-0.1, -0.05) is 60.7 Å². The van der Waals surface area contributed by atoms with Gasteiger partial charge in [0.25, 0.3) is 0 Å². The molecule has 1 aliphatic rings. The molecule has 0 radical (unpaired) electrons. The molecule has 7 nitrogen and oxygen atoms in total. The van der Waals surface area contributed by atoms with Crippen molar-refractivity contribution in [2.45, 2.75) is 12.8 Å². The summed E-state index contributed by atoms with van der Waals surface area (Å²) in [7, 11) is 2.05. The smallest absolute Gasteiger partial charge is 0.144 e. The maximum Gasteiger partial charge on any atom is 0.144 e. The largest absolute Gasteiger partial charge is 0.493 e. The van der Waals surface area contributed by atoms with Gasteiger partial charge in [-0.3, -0.25) is 4.98 Å². The highest BCUT2D eigenvalue weighted by atomic mass is 16.5. The van der Waals surface area contributed by atoms with Crippen molar-refractivity contribution in [3.8, 4) is 16.9 Å². The van der Waals surface area contributed by atoms with Crippen molar-refractivity contribution in [1.82, 2.24) is 19.9 Å². The molecule has 0 spiro atoms. The number of hydrogen-bond acceptors (Lipinski definition) is 7. The number of hydrogen-bond donors (Lipinski definition) is 1. The third-order valence-corrected chi connectivity index (χ3v) is 8.85. The minimum absolute atomic E-state index is 0.556. The molecule has 2 aromatic heterocycles. The van der Waals surface area contributed by atoms with Crippen molar-refractivity contribution in [1.29, 1.82) is 0 Å². The average molecular weight is 595 g/mol. The van der Waals surface area contributed by atoms with Crippen molar-refractivity contribution in [3.63, 3.8) is 0 Å². The molecule has 6 aromatic rings. The lowest BCUT2D eigenvalue weighted by Gasteiger charge is -2.32. The van der Waals surface area contributed by atoms with E-state index in [2.05, 4.69) is 109 Å². The highest BCUT2D eigenvalue weighted by molar-refractivity contribution is 5.92. The molecule has 226 valence electrons. The monoisotopic (exact) mass is 594 g/mol. The lowest BCUT2D eigenvalue weighted by Crippen LogP contribution is -2.38. The number of anilines is 3. The third kappa shape index (κ3) is 6.59. The number of nitrogens with one attached hydrogen (secondary N) is 1.